The smallest absolute Gasteiger partial charge is 0.224 e. The molecule has 2 aromatic heterocycles. The molecule has 28 heavy (non-hydrogen) atoms. The van der Waals surface area contributed by atoms with E-state index in [1.165, 1.54) is 0 Å². The molecule has 3 rings (SSSR count). The maximum Gasteiger partial charge on any atom is 0.224 e. The van der Waals surface area contributed by atoms with Gasteiger partial charge >= 0.3 is 0 Å². The van der Waals surface area contributed by atoms with Crippen LogP contribution in [0.25, 0.3) is 11.4 Å². The summed E-state index contributed by atoms with van der Waals surface area (Å²) in [4.78, 5) is 17.4. The van der Waals surface area contributed by atoms with E-state index in [1.807, 2.05) is 0 Å². The summed E-state index contributed by atoms with van der Waals surface area (Å²) in [6, 6.07) is 8.95. The first-order valence-corrected chi connectivity index (χ1v) is 8.96. The highest BCUT2D eigenvalue weighted by atomic mass is 16.5. The summed E-state index contributed by atoms with van der Waals surface area (Å²) in [7, 11) is 0. The molecule has 0 aliphatic heterocycles. The molecular formula is C20H21N7O. The quantitative estimate of drug-likeness (QED) is 0.645. The summed E-state index contributed by atoms with van der Waals surface area (Å²) in [5, 5.41) is 12.5. The van der Waals surface area contributed by atoms with Crippen molar-refractivity contribution in [1.29, 1.82) is 5.26 Å². The fourth-order valence-electron chi connectivity index (χ4n) is 2.51. The normalized spacial score (nSPS) is 10.4. The van der Waals surface area contributed by atoms with Crippen LogP contribution in [-0.4, -0.2) is 26.5 Å². The fourth-order valence-corrected chi connectivity index (χ4v) is 2.51. The number of aromatic nitrogens is 4. The standard InChI is InChI=1S/C20H21N7O/c1-3-6-23-18-8-19(27-13(2)26-18)28-17-7-14(9-21)4-5-16(17)20-24-11-15(10-22)12-25-20/h4-5,7-8,11-12H,3,6,10,22H2,1-2H3,(H,23,26,27). The van der Waals surface area contributed by atoms with E-state index in [9.17, 15) is 5.26 Å². The molecule has 3 N–H and O–H groups in total. The molecule has 8 nitrogen and oxygen atoms in total. The predicted octanol–water partition coefficient (Wildman–Crippen LogP) is 3.19. The summed E-state index contributed by atoms with van der Waals surface area (Å²) in [6.07, 6.45) is 4.32. The van der Waals surface area contributed by atoms with Crippen LogP contribution in [0.3, 0.4) is 0 Å². The predicted molar refractivity (Wildman–Crippen MR) is 106 cm³/mol. The SMILES string of the molecule is CCCNc1cc(Oc2cc(C#N)ccc2-c2ncc(CN)cn2)nc(C)n1. The van der Waals surface area contributed by atoms with Gasteiger partial charge in [-0.1, -0.05) is 6.92 Å². The number of nitriles is 1. The van der Waals surface area contributed by atoms with Crippen LogP contribution >= 0.6 is 0 Å². The summed E-state index contributed by atoms with van der Waals surface area (Å²) < 4.78 is 6.02. The Morgan fingerprint density at radius 3 is 2.64 bits per heavy atom. The Labute approximate surface area is 163 Å². The number of nitrogens with zero attached hydrogens (tertiary/aromatic N) is 5. The highest BCUT2D eigenvalue weighted by Crippen LogP contribution is 2.32. The lowest BCUT2D eigenvalue weighted by Gasteiger charge is -2.12. The van der Waals surface area contributed by atoms with Gasteiger partial charge in [0.05, 0.1) is 17.2 Å². The minimum absolute atomic E-state index is 0.366. The largest absolute Gasteiger partial charge is 0.438 e. The zero-order valence-corrected chi connectivity index (χ0v) is 15.8. The molecule has 2 heterocycles. The Morgan fingerprint density at radius 1 is 1.18 bits per heavy atom. The van der Waals surface area contributed by atoms with Crippen molar-refractivity contribution in [2.75, 3.05) is 11.9 Å². The van der Waals surface area contributed by atoms with E-state index in [0.717, 1.165) is 18.5 Å². The highest BCUT2D eigenvalue weighted by molar-refractivity contribution is 5.66. The van der Waals surface area contributed by atoms with Crippen molar-refractivity contribution in [2.24, 2.45) is 5.73 Å². The number of anilines is 1. The first-order chi connectivity index (χ1) is 13.6. The molecule has 0 fully saturated rings. The van der Waals surface area contributed by atoms with Gasteiger partial charge in [-0.3, -0.25) is 0 Å². The summed E-state index contributed by atoms with van der Waals surface area (Å²) in [5.41, 5.74) is 7.56. The van der Waals surface area contributed by atoms with E-state index in [1.54, 1.807) is 43.6 Å². The third-order valence-electron chi connectivity index (χ3n) is 3.88. The van der Waals surface area contributed by atoms with Crippen LogP contribution in [0.2, 0.25) is 0 Å². The summed E-state index contributed by atoms with van der Waals surface area (Å²) >= 11 is 0. The molecule has 0 amide bonds. The molecular weight excluding hydrogens is 354 g/mol. The molecule has 0 spiro atoms. The van der Waals surface area contributed by atoms with Gasteiger partial charge in [-0.15, -0.1) is 0 Å². The number of ether oxygens (including phenoxy) is 1. The number of aryl methyl sites for hydroxylation is 1. The van der Waals surface area contributed by atoms with Gasteiger partial charge in [0.1, 0.15) is 17.4 Å². The Kier molecular flexibility index (Phi) is 6.09. The molecule has 0 saturated heterocycles. The zero-order chi connectivity index (χ0) is 19.9. The van der Waals surface area contributed by atoms with Crippen LogP contribution in [0.15, 0.2) is 36.7 Å². The zero-order valence-electron chi connectivity index (χ0n) is 15.8. The minimum atomic E-state index is 0.366. The van der Waals surface area contributed by atoms with Crippen LogP contribution in [0.4, 0.5) is 5.82 Å². The van der Waals surface area contributed by atoms with E-state index < -0.39 is 0 Å². The lowest BCUT2D eigenvalue weighted by atomic mass is 10.1. The van der Waals surface area contributed by atoms with Gasteiger partial charge < -0.3 is 15.8 Å². The summed E-state index contributed by atoms with van der Waals surface area (Å²) in [5.74, 6) is 2.57. The van der Waals surface area contributed by atoms with Crippen molar-refractivity contribution < 1.29 is 4.74 Å². The third kappa shape index (κ3) is 4.58. The molecule has 0 unspecified atom stereocenters. The van der Waals surface area contributed by atoms with Gasteiger partial charge in [-0.25, -0.2) is 15.0 Å². The molecule has 0 aliphatic rings. The van der Waals surface area contributed by atoms with Crippen LogP contribution in [0.1, 0.15) is 30.3 Å². The van der Waals surface area contributed by atoms with E-state index in [0.29, 0.717) is 46.8 Å². The molecule has 0 aliphatic carbocycles. The van der Waals surface area contributed by atoms with Gasteiger partial charge in [-0.2, -0.15) is 10.2 Å². The lowest BCUT2D eigenvalue weighted by molar-refractivity contribution is 0.461. The highest BCUT2D eigenvalue weighted by Gasteiger charge is 2.13. The van der Waals surface area contributed by atoms with Gasteiger partial charge in [-0.05, 0) is 31.5 Å². The monoisotopic (exact) mass is 375 g/mol. The van der Waals surface area contributed by atoms with E-state index in [-0.39, 0.29) is 0 Å². The summed E-state index contributed by atoms with van der Waals surface area (Å²) in [6.45, 7) is 5.04. The third-order valence-corrected chi connectivity index (χ3v) is 3.88. The van der Waals surface area contributed by atoms with E-state index in [2.05, 4.69) is 38.2 Å². The van der Waals surface area contributed by atoms with E-state index >= 15 is 0 Å². The Hall–Kier alpha value is -3.57. The number of benzene rings is 1. The van der Waals surface area contributed by atoms with Crippen LogP contribution in [0.5, 0.6) is 11.6 Å². The number of nitrogens with one attached hydrogen (secondary N) is 1. The van der Waals surface area contributed by atoms with Gasteiger partial charge in [0.25, 0.3) is 0 Å². The van der Waals surface area contributed by atoms with Gasteiger partial charge in [0.2, 0.25) is 5.88 Å². The van der Waals surface area contributed by atoms with Crippen LogP contribution in [-0.2, 0) is 6.54 Å². The molecule has 0 bridgehead atoms. The van der Waals surface area contributed by atoms with Gasteiger partial charge in [0.15, 0.2) is 5.82 Å². The molecule has 8 heteroatoms. The first-order valence-electron chi connectivity index (χ1n) is 8.96. The Balaban J connectivity index is 1.98. The second-order valence-corrected chi connectivity index (χ2v) is 6.11. The fraction of sp³-hybridized carbons (Fsp3) is 0.250. The minimum Gasteiger partial charge on any atom is -0.438 e. The number of rotatable bonds is 7. The molecule has 0 radical (unpaired) electrons. The van der Waals surface area contributed by atoms with Crippen LogP contribution < -0.4 is 15.8 Å². The molecule has 3 aromatic rings. The second-order valence-electron chi connectivity index (χ2n) is 6.11. The van der Waals surface area contributed by atoms with Crippen molar-refractivity contribution in [3.63, 3.8) is 0 Å². The molecule has 1 aromatic carbocycles. The van der Waals surface area contributed by atoms with Gasteiger partial charge in [0, 0.05) is 37.1 Å². The Bertz CT molecular complexity index is 996. The van der Waals surface area contributed by atoms with Crippen LogP contribution in [0, 0.1) is 18.3 Å². The number of hydrogen-bond acceptors (Lipinski definition) is 8. The number of hydrogen-bond donors (Lipinski definition) is 2. The molecule has 0 saturated carbocycles. The topological polar surface area (TPSA) is 123 Å². The second kappa shape index (κ2) is 8.88. The van der Waals surface area contributed by atoms with Crippen molar-refractivity contribution in [3.8, 4) is 29.1 Å². The lowest BCUT2D eigenvalue weighted by Crippen LogP contribution is -2.05. The Morgan fingerprint density at radius 2 is 1.96 bits per heavy atom. The molecule has 0 atom stereocenters. The van der Waals surface area contributed by atoms with Crippen molar-refractivity contribution in [2.45, 2.75) is 26.8 Å². The van der Waals surface area contributed by atoms with Crippen molar-refractivity contribution >= 4 is 5.82 Å². The number of nitrogens with two attached hydrogens (primary N) is 1. The van der Waals surface area contributed by atoms with Crippen molar-refractivity contribution in [1.82, 2.24) is 19.9 Å². The van der Waals surface area contributed by atoms with Crippen molar-refractivity contribution in [3.05, 3.63) is 53.6 Å². The molecule has 142 valence electrons. The maximum absolute atomic E-state index is 9.26. The average molecular weight is 375 g/mol. The van der Waals surface area contributed by atoms with E-state index in [4.69, 9.17) is 10.5 Å². The first kappa shape index (κ1) is 19.2. The average Bonchev–Trinajstić information content (AvgIpc) is 2.72. The maximum atomic E-state index is 9.26.